The first-order chi connectivity index (χ1) is 23.7. The third-order valence-corrected chi connectivity index (χ3v) is 10.6. The normalized spacial score (nSPS) is 19.1. The van der Waals surface area contributed by atoms with Gasteiger partial charge in [0, 0.05) is 23.2 Å². The summed E-state index contributed by atoms with van der Waals surface area (Å²) < 4.78 is 48.4. The minimum absolute atomic E-state index is 0.101. The van der Waals surface area contributed by atoms with Gasteiger partial charge in [-0.3, -0.25) is 4.79 Å². The van der Waals surface area contributed by atoms with E-state index in [4.69, 9.17) is 14.2 Å². The molecule has 0 bridgehead atoms. The SMILES string of the molecule is COC(=O)CCC/C=C\C[C@@H]1[C@@H](NS(=O)(=O)c2ccc(Br)cc2)[C@H](OC(=O)c2ccccc2)C[C@@H]1OCc1ccc(-c2ccccc2)cc1. The van der Waals surface area contributed by atoms with Crippen LogP contribution in [0.15, 0.2) is 131 Å². The van der Waals surface area contributed by atoms with Crippen molar-refractivity contribution in [1.29, 1.82) is 0 Å². The van der Waals surface area contributed by atoms with Crippen molar-refractivity contribution in [3.8, 4) is 11.1 Å². The topological polar surface area (TPSA) is 108 Å². The van der Waals surface area contributed by atoms with Crippen LogP contribution >= 0.6 is 15.9 Å². The van der Waals surface area contributed by atoms with Crippen molar-refractivity contribution in [3.63, 3.8) is 0 Å². The van der Waals surface area contributed by atoms with Crippen LogP contribution in [0.1, 0.15) is 48.0 Å². The number of carbonyl (C=O) groups excluding carboxylic acids is 2. The molecule has 1 aliphatic rings. The molecule has 4 aromatic rings. The molecule has 49 heavy (non-hydrogen) atoms. The predicted molar refractivity (Wildman–Crippen MR) is 192 cm³/mol. The first-order valence-electron chi connectivity index (χ1n) is 16.2. The molecule has 5 rings (SSSR count). The highest BCUT2D eigenvalue weighted by Crippen LogP contribution is 2.36. The molecule has 0 spiro atoms. The maximum atomic E-state index is 13.7. The molecule has 0 aromatic heterocycles. The van der Waals surface area contributed by atoms with E-state index < -0.39 is 34.2 Å². The van der Waals surface area contributed by atoms with Crippen molar-refractivity contribution < 1.29 is 32.2 Å². The van der Waals surface area contributed by atoms with Crippen LogP contribution in [0.2, 0.25) is 0 Å². The van der Waals surface area contributed by atoms with Gasteiger partial charge in [0.1, 0.15) is 6.10 Å². The summed E-state index contributed by atoms with van der Waals surface area (Å²) in [6.07, 6.45) is 5.10. The molecular formula is C39H40BrNO7S. The van der Waals surface area contributed by atoms with Gasteiger partial charge in [-0.25, -0.2) is 17.9 Å². The average molecular weight is 747 g/mol. The van der Waals surface area contributed by atoms with Gasteiger partial charge in [-0.15, -0.1) is 0 Å². The fourth-order valence-electron chi connectivity index (χ4n) is 5.94. The van der Waals surface area contributed by atoms with Gasteiger partial charge in [-0.05, 0) is 72.4 Å². The van der Waals surface area contributed by atoms with E-state index in [0.717, 1.165) is 21.2 Å². The molecule has 1 aliphatic carbocycles. The third kappa shape index (κ3) is 10.2. The lowest BCUT2D eigenvalue weighted by molar-refractivity contribution is -0.140. The number of carbonyl (C=O) groups is 2. The van der Waals surface area contributed by atoms with Gasteiger partial charge >= 0.3 is 11.9 Å². The molecule has 8 nitrogen and oxygen atoms in total. The van der Waals surface area contributed by atoms with Crippen LogP contribution < -0.4 is 4.72 Å². The van der Waals surface area contributed by atoms with Gasteiger partial charge < -0.3 is 14.2 Å². The fourth-order valence-corrected chi connectivity index (χ4v) is 7.52. The van der Waals surface area contributed by atoms with Crippen LogP contribution in [0, 0.1) is 5.92 Å². The number of hydrogen-bond acceptors (Lipinski definition) is 7. The van der Waals surface area contributed by atoms with E-state index in [1.165, 1.54) is 19.2 Å². The summed E-state index contributed by atoms with van der Waals surface area (Å²) in [5, 5.41) is 0. The summed E-state index contributed by atoms with van der Waals surface area (Å²) in [6, 6.07) is 32.5. The lowest BCUT2D eigenvalue weighted by atomic mass is 9.97. The molecule has 4 atom stereocenters. The number of sulfonamides is 1. The molecule has 1 N–H and O–H groups in total. The lowest BCUT2D eigenvalue weighted by Gasteiger charge is -2.27. The molecule has 0 saturated heterocycles. The number of unbranched alkanes of at least 4 members (excludes halogenated alkanes) is 1. The molecule has 0 aliphatic heterocycles. The number of hydrogen-bond donors (Lipinski definition) is 1. The Labute approximate surface area is 296 Å². The molecule has 0 unspecified atom stereocenters. The standard InChI is InChI=1S/C39H40BrNO7S/c1-46-37(42)17-11-3-2-10-16-34-35(47-27-28-18-20-30(21-19-28)29-12-6-4-7-13-29)26-36(48-39(43)31-14-8-5-9-15-31)38(34)41-49(44,45)33-24-22-32(40)23-25-33/h2,4-10,12-15,18-25,34-36,38,41H,3,11,16-17,26-27H2,1H3/b10-2-/t34-,35-,36+,38+/m0/s1. The molecule has 256 valence electrons. The van der Waals surface area contributed by atoms with Crippen molar-refractivity contribution >= 4 is 37.9 Å². The summed E-state index contributed by atoms with van der Waals surface area (Å²) in [7, 11) is -2.63. The van der Waals surface area contributed by atoms with Gasteiger partial charge in [-0.1, -0.05) is 101 Å². The molecule has 10 heteroatoms. The highest BCUT2D eigenvalue weighted by molar-refractivity contribution is 9.10. The number of allylic oxidation sites excluding steroid dienone is 2. The van der Waals surface area contributed by atoms with Crippen molar-refractivity contribution in [2.45, 2.75) is 61.9 Å². The monoisotopic (exact) mass is 745 g/mol. The van der Waals surface area contributed by atoms with E-state index in [1.54, 1.807) is 36.4 Å². The van der Waals surface area contributed by atoms with E-state index >= 15 is 0 Å². The highest BCUT2D eigenvalue weighted by atomic mass is 79.9. The quantitative estimate of drug-likeness (QED) is 0.0750. The number of ether oxygens (including phenoxy) is 3. The van der Waals surface area contributed by atoms with Crippen LogP contribution in [0.5, 0.6) is 0 Å². The molecule has 1 saturated carbocycles. The van der Waals surface area contributed by atoms with Crippen LogP contribution in [0.3, 0.4) is 0 Å². The smallest absolute Gasteiger partial charge is 0.338 e. The Morgan fingerprint density at radius 3 is 2.16 bits per heavy atom. The number of nitrogens with one attached hydrogen (secondary N) is 1. The minimum atomic E-state index is -3.99. The lowest BCUT2D eigenvalue weighted by Crippen LogP contribution is -2.46. The van der Waals surface area contributed by atoms with E-state index in [0.29, 0.717) is 44.3 Å². The number of methoxy groups -OCH3 is 1. The molecule has 0 radical (unpaired) electrons. The largest absolute Gasteiger partial charge is 0.469 e. The number of benzene rings is 4. The second-order valence-electron chi connectivity index (χ2n) is 11.9. The number of halogens is 1. The van der Waals surface area contributed by atoms with Crippen molar-refractivity contribution in [2.24, 2.45) is 5.92 Å². The first kappa shape index (κ1) is 36.2. The average Bonchev–Trinajstić information content (AvgIpc) is 3.43. The van der Waals surface area contributed by atoms with Crippen molar-refractivity contribution in [2.75, 3.05) is 7.11 Å². The minimum Gasteiger partial charge on any atom is -0.469 e. The van der Waals surface area contributed by atoms with E-state index in [9.17, 15) is 18.0 Å². The maximum Gasteiger partial charge on any atom is 0.338 e. The van der Waals surface area contributed by atoms with Crippen LogP contribution in [-0.2, 0) is 35.6 Å². The van der Waals surface area contributed by atoms with Gasteiger partial charge in [0.05, 0.1) is 36.3 Å². The Hall–Kier alpha value is -4.09. The summed E-state index contributed by atoms with van der Waals surface area (Å²) in [5.41, 5.74) is 3.55. The van der Waals surface area contributed by atoms with Crippen molar-refractivity contribution in [3.05, 3.63) is 137 Å². The molecule has 0 heterocycles. The second kappa shape index (κ2) is 17.5. The summed E-state index contributed by atoms with van der Waals surface area (Å²) in [5.74, 6) is -1.16. The van der Waals surface area contributed by atoms with Gasteiger partial charge in [0.15, 0.2) is 0 Å². The summed E-state index contributed by atoms with van der Waals surface area (Å²) in [6.45, 7) is 0.296. The van der Waals surface area contributed by atoms with Gasteiger partial charge in [0.2, 0.25) is 10.0 Å². The third-order valence-electron chi connectivity index (χ3n) is 8.57. The Bertz CT molecular complexity index is 1800. The Balaban J connectivity index is 1.39. The van der Waals surface area contributed by atoms with Crippen molar-refractivity contribution in [1.82, 2.24) is 4.72 Å². The number of rotatable bonds is 15. The van der Waals surface area contributed by atoms with Crippen LogP contribution in [0.25, 0.3) is 11.1 Å². The Morgan fingerprint density at radius 1 is 0.837 bits per heavy atom. The Kier molecular flexibility index (Phi) is 13.0. The zero-order chi connectivity index (χ0) is 34.6. The second-order valence-corrected chi connectivity index (χ2v) is 14.5. The van der Waals surface area contributed by atoms with E-state index in [2.05, 4.69) is 44.9 Å². The zero-order valence-corrected chi connectivity index (χ0v) is 29.6. The maximum absolute atomic E-state index is 13.7. The molecule has 4 aromatic carbocycles. The first-order valence-corrected chi connectivity index (χ1v) is 18.5. The highest BCUT2D eigenvalue weighted by Gasteiger charge is 2.47. The predicted octanol–water partition coefficient (Wildman–Crippen LogP) is 7.88. The van der Waals surface area contributed by atoms with Crippen LogP contribution in [-0.4, -0.2) is 45.7 Å². The summed E-state index contributed by atoms with van der Waals surface area (Å²) >= 11 is 3.36. The van der Waals surface area contributed by atoms with Crippen LogP contribution in [0.4, 0.5) is 0 Å². The van der Waals surface area contributed by atoms with E-state index in [-0.39, 0.29) is 16.8 Å². The molecule has 1 fully saturated rings. The van der Waals surface area contributed by atoms with Gasteiger partial charge in [-0.2, -0.15) is 0 Å². The summed E-state index contributed by atoms with van der Waals surface area (Å²) in [4.78, 5) is 24.9. The molecular weight excluding hydrogens is 706 g/mol. The van der Waals surface area contributed by atoms with E-state index in [1.807, 2.05) is 48.6 Å². The Morgan fingerprint density at radius 2 is 1.49 bits per heavy atom. The van der Waals surface area contributed by atoms with Gasteiger partial charge in [0.25, 0.3) is 0 Å². The molecule has 0 amide bonds. The number of esters is 2. The zero-order valence-electron chi connectivity index (χ0n) is 27.2. The fraction of sp³-hybridized carbons (Fsp3) is 0.282.